The molecule has 1 aliphatic heterocycles. The normalized spacial score (nSPS) is 16.6. The van der Waals surface area contributed by atoms with Gasteiger partial charge in [0, 0.05) is 25.2 Å². The first kappa shape index (κ1) is 23.6. The minimum Gasteiger partial charge on any atom is -0.346 e. The Labute approximate surface area is 214 Å². The van der Waals surface area contributed by atoms with Crippen molar-refractivity contribution in [2.45, 2.75) is 23.8 Å². The van der Waals surface area contributed by atoms with Crippen LogP contribution in [0, 0.1) is 0 Å². The fourth-order valence-corrected chi connectivity index (χ4v) is 5.67. The molecule has 1 unspecified atom stereocenters. The molecule has 9 nitrogen and oxygen atoms in total. The molecule has 0 saturated carbocycles. The molecule has 5 heterocycles. The quantitative estimate of drug-likeness (QED) is 0.383. The van der Waals surface area contributed by atoms with Crippen LogP contribution in [0.1, 0.15) is 24.7 Å². The molecule has 180 valence electrons. The Hall–Kier alpha value is -3.15. The lowest BCUT2D eigenvalue weighted by molar-refractivity contribution is 0.602. The Bertz CT molecular complexity index is 1630. The van der Waals surface area contributed by atoms with E-state index in [1.807, 2.05) is 30.3 Å². The number of aromatic amines is 1. The van der Waals surface area contributed by atoms with Crippen molar-refractivity contribution in [3.8, 4) is 5.69 Å². The Morgan fingerprint density at radius 1 is 1.17 bits per heavy atom. The highest BCUT2D eigenvalue weighted by Gasteiger charge is 2.34. The van der Waals surface area contributed by atoms with Crippen LogP contribution < -0.4 is 10.5 Å². The molecule has 0 radical (unpaired) electrons. The number of anilines is 1. The summed E-state index contributed by atoms with van der Waals surface area (Å²) in [5.41, 5.74) is 1.44. The average molecular weight is 528 g/mol. The van der Waals surface area contributed by atoms with E-state index in [1.165, 1.54) is 6.33 Å². The van der Waals surface area contributed by atoms with E-state index in [0.717, 1.165) is 18.2 Å². The lowest BCUT2D eigenvalue weighted by atomic mass is 10.2. The Morgan fingerprint density at radius 3 is 2.74 bits per heavy atom. The number of rotatable bonds is 4. The molecular weight excluding hydrogens is 506 g/mol. The largest absolute Gasteiger partial charge is 0.346 e. The smallest absolute Gasteiger partial charge is 0.284 e. The number of aromatic nitrogens is 6. The predicted molar refractivity (Wildman–Crippen MR) is 142 cm³/mol. The van der Waals surface area contributed by atoms with E-state index < -0.39 is 10.8 Å². The zero-order valence-corrected chi connectivity index (χ0v) is 21.3. The van der Waals surface area contributed by atoms with Crippen molar-refractivity contribution in [2.24, 2.45) is 0 Å². The monoisotopic (exact) mass is 527 g/mol. The maximum absolute atomic E-state index is 13.7. The van der Waals surface area contributed by atoms with Crippen LogP contribution in [0.3, 0.4) is 0 Å². The van der Waals surface area contributed by atoms with Crippen LogP contribution in [0.2, 0.25) is 5.02 Å². The molecular formula is C23H22ClN7O2S2. The number of halogens is 1. The third kappa shape index (κ3) is 3.74. The molecule has 2 atom stereocenters. The third-order valence-corrected chi connectivity index (χ3v) is 7.47. The van der Waals surface area contributed by atoms with Crippen molar-refractivity contribution in [3.05, 3.63) is 76.3 Å². The Morgan fingerprint density at radius 2 is 1.97 bits per heavy atom. The summed E-state index contributed by atoms with van der Waals surface area (Å²) >= 11 is 6.34. The molecule has 1 N–H and O–H groups in total. The molecule has 1 aromatic carbocycles. The summed E-state index contributed by atoms with van der Waals surface area (Å²) in [6.45, 7) is 0.715. The van der Waals surface area contributed by atoms with Crippen molar-refractivity contribution in [3.63, 3.8) is 0 Å². The molecule has 6 rings (SSSR count). The fraction of sp³-hybridized carbons (Fsp3) is 0.217. The standard InChI is InChI=1S/C23H20ClN7O2S.H2S/c1-34(33)17-12-25-20-18(17)22(27-13-26-20)29-10-5-8-16(29)21-28-30-11-9-15(24)19(30)23(32)31(21)14-6-3-2-4-7-14;/h2-4,6-7,9,11-13,16H,5,8,10H2,1H3,(H,25,26,27);1H2/t16-,34?;/m0./s1. The first-order valence-electron chi connectivity index (χ1n) is 10.8. The van der Waals surface area contributed by atoms with Crippen molar-refractivity contribution in [1.29, 1.82) is 0 Å². The van der Waals surface area contributed by atoms with Gasteiger partial charge in [0.1, 0.15) is 23.3 Å². The summed E-state index contributed by atoms with van der Waals surface area (Å²) in [6.07, 6.45) is 8.22. The zero-order valence-electron chi connectivity index (χ0n) is 18.7. The molecule has 4 aromatic heterocycles. The Balaban J connectivity index is 0.00000253. The van der Waals surface area contributed by atoms with Crippen LogP contribution in [0.25, 0.3) is 22.2 Å². The molecule has 0 bridgehead atoms. The highest BCUT2D eigenvalue weighted by molar-refractivity contribution is 7.84. The van der Waals surface area contributed by atoms with Gasteiger partial charge in [-0.3, -0.25) is 13.6 Å². The van der Waals surface area contributed by atoms with Gasteiger partial charge in [-0.15, -0.1) is 0 Å². The lowest BCUT2D eigenvalue weighted by Crippen LogP contribution is -2.33. The second-order valence-corrected chi connectivity index (χ2v) is 9.93. The van der Waals surface area contributed by atoms with Gasteiger partial charge in [0.2, 0.25) is 0 Å². The number of para-hydroxylation sites is 1. The SMILES string of the molecule is CS(=O)c1c[nH]c2ncnc(N3CCC[C@H]3c3nn4ccc(Cl)c4c(=O)n3-c3ccccc3)c12.S. The minimum atomic E-state index is -1.22. The average Bonchev–Trinajstić information content (AvgIpc) is 3.57. The highest BCUT2D eigenvalue weighted by atomic mass is 35.5. The van der Waals surface area contributed by atoms with Crippen LogP contribution in [0.15, 0.2) is 64.8 Å². The van der Waals surface area contributed by atoms with Crippen LogP contribution in [-0.2, 0) is 10.8 Å². The van der Waals surface area contributed by atoms with Gasteiger partial charge in [-0.1, -0.05) is 29.8 Å². The van der Waals surface area contributed by atoms with Gasteiger partial charge in [-0.05, 0) is 31.0 Å². The number of hydrogen-bond acceptors (Lipinski definition) is 6. The van der Waals surface area contributed by atoms with Crippen molar-refractivity contribution < 1.29 is 4.21 Å². The summed E-state index contributed by atoms with van der Waals surface area (Å²) < 4.78 is 15.6. The molecule has 35 heavy (non-hydrogen) atoms. The van der Waals surface area contributed by atoms with Crippen molar-refractivity contribution in [2.75, 3.05) is 17.7 Å². The lowest BCUT2D eigenvalue weighted by Gasteiger charge is -2.27. The van der Waals surface area contributed by atoms with Crippen LogP contribution in [0.4, 0.5) is 5.82 Å². The van der Waals surface area contributed by atoms with E-state index in [0.29, 0.717) is 45.0 Å². The van der Waals surface area contributed by atoms with Gasteiger partial charge in [-0.25, -0.2) is 14.5 Å². The number of fused-ring (bicyclic) bond motifs is 2. The van der Waals surface area contributed by atoms with Gasteiger partial charge in [0.15, 0.2) is 5.82 Å². The number of hydrogen-bond donors (Lipinski definition) is 1. The van der Waals surface area contributed by atoms with Gasteiger partial charge >= 0.3 is 0 Å². The van der Waals surface area contributed by atoms with Gasteiger partial charge in [0.05, 0.1) is 37.8 Å². The fourth-order valence-electron chi connectivity index (χ4n) is 4.74. The predicted octanol–water partition coefficient (Wildman–Crippen LogP) is 3.60. The van der Waals surface area contributed by atoms with Gasteiger partial charge in [0.25, 0.3) is 5.56 Å². The summed E-state index contributed by atoms with van der Waals surface area (Å²) in [6, 6.07) is 10.9. The second-order valence-electron chi connectivity index (χ2n) is 8.17. The molecule has 1 aliphatic rings. The Kier molecular flexibility index (Phi) is 6.16. The maximum Gasteiger partial charge on any atom is 0.284 e. The number of nitrogens with one attached hydrogen (secondary N) is 1. The second kappa shape index (κ2) is 9.14. The van der Waals surface area contributed by atoms with E-state index in [1.54, 1.807) is 33.8 Å². The summed E-state index contributed by atoms with van der Waals surface area (Å²) in [5.74, 6) is 1.27. The molecule has 1 saturated heterocycles. The maximum atomic E-state index is 13.7. The molecule has 0 amide bonds. The molecule has 0 aliphatic carbocycles. The van der Waals surface area contributed by atoms with E-state index in [4.69, 9.17) is 16.7 Å². The minimum absolute atomic E-state index is 0. The molecule has 1 fully saturated rings. The van der Waals surface area contributed by atoms with E-state index in [-0.39, 0.29) is 25.1 Å². The van der Waals surface area contributed by atoms with E-state index in [2.05, 4.69) is 19.9 Å². The van der Waals surface area contributed by atoms with E-state index >= 15 is 0 Å². The molecule has 0 spiro atoms. The first-order chi connectivity index (χ1) is 16.5. The van der Waals surface area contributed by atoms with Crippen molar-refractivity contribution in [1.82, 2.24) is 29.1 Å². The topological polar surface area (TPSA) is 101 Å². The zero-order chi connectivity index (χ0) is 23.4. The van der Waals surface area contributed by atoms with Crippen LogP contribution in [-0.4, -0.2) is 46.1 Å². The summed E-state index contributed by atoms with van der Waals surface area (Å²) in [4.78, 5) is 28.5. The summed E-state index contributed by atoms with van der Waals surface area (Å²) in [5, 5.41) is 5.95. The van der Waals surface area contributed by atoms with Crippen LogP contribution in [0.5, 0.6) is 0 Å². The number of nitrogens with zero attached hydrogens (tertiary/aromatic N) is 6. The molecule has 5 aromatic rings. The van der Waals surface area contributed by atoms with E-state index in [9.17, 15) is 9.00 Å². The number of H-pyrrole nitrogens is 1. The third-order valence-electron chi connectivity index (χ3n) is 6.22. The van der Waals surface area contributed by atoms with Crippen molar-refractivity contribution >= 4 is 58.3 Å². The highest BCUT2D eigenvalue weighted by Crippen LogP contribution is 2.39. The first-order valence-corrected chi connectivity index (χ1v) is 12.8. The number of benzene rings is 1. The molecule has 12 heteroatoms. The van der Waals surface area contributed by atoms with Gasteiger partial charge in [-0.2, -0.15) is 18.6 Å². The van der Waals surface area contributed by atoms with Gasteiger partial charge < -0.3 is 9.88 Å². The van der Waals surface area contributed by atoms with Crippen LogP contribution >= 0.6 is 25.1 Å². The summed E-state index contributed by atoms with van der Waals surface area (Å²) in [7, 11) is -1.22.